The largest absolute Gasteiger partial charge is 0.494 e. The number of hydrogen-bond donors (Lipinski definition) is 3. The minimum atomic E-state index is -0.172. The summed E-state index contributed by atoms with van der Waals surface area (Å²) in [6.45, 7) is 8.83. The fourth-order valence-electron chi connectivity index (χ4n) is 2.43. The first kappa shape index (κ1) is 22.3. The Hall–Kier alpha value is -3.02. The van der Waals surface area contributed by atoms with Gasteiger partial charge in [0, 0.05) is 23.0 Å². The summed E-state index contributed by atoms with van der Waals surface area (Å²) >= 11 is 0. The number of nitrogens with one attached hydrogen (secondary N) is 3. The molecule has 6 nitrogen and oxygen atoms in total. The highest BCUT2D eigenvalue weighted by Crippen LogP contribution is 2.18. The van der Waals surface area contributed by atoms with Gasteiger partial charge in [-0.25, -0.2) is 0 Å². The molecular weight excluding hydrogens is 366 g/mol. The van der Waals surface area contributed by atoms with Crippen LogP contribution in [0.15, 0.2) is 48.5 Å². The van der Waals surface area contributed by atoms with Gasteiger partial charge in [-0.2, -0.15) is 0 Å². The second-order valence-electron chi connectivity index (χ2n) is 7.68. The molecule has 156 valence electrons. The summed E-state index contributed by atoms with van der Waals surface area (Å²) < 4.78 is 5.69. The standard InChI is InChI=1S/C23H31N3O3/c1-16(2)12-13-29-21-10-8-18(9-11-21)24-15-22(27)25-19-6-5-7-20(14-19)26-23(28)17(3)4/h5-11,14,16-17,24H,12-13,15H2,1-4H3,(H,25,27)(H,26,28). The first-order valence-corrected chi connectivity index (χ1v) is 10.0. The molecule has 0 aliphatic rings. The van der Waals surface area contributed by atoms with Crippen LogP contribution in [-0.2, 0) is 9.59 Å². The SMILES string of the molecule is CC(C)CCOc1ccc(NCC(=O)Nc2cccc(NC(=O)C(C)C)c2)cc1. The van der Waals surface area contributed by atoms with Crippen molar-refractivity contribution in [2.45, 2.75) is 34.1 Å². The number of rotatable bonds is 10. The maximum atomic E-state index is 12.2. The van der Waals surface area contributed by atoms with Crippen LogP contribution in [0.1, 0.15) is 34.1 Å². The minimum absolute atomic E-state index is 0.0632. The smallest absolute Gasteiger partial charge is 0.243 e. The fourth-order valence-corrected chi connectivity index (χ4v) is 2.43. The molecule has 0 bridgehead atoms. The molecule has 2 aromatic rings. The number of benzene rings is 2. The van der Waals surface area contributed by atoms with Gasteiger partial charge < -0.3 is 20.7 Å². The lowest BCUT2D eigenvalue weighted by atomic mass is 10.1. The highest BCUT2D eigenvalue weighted by atomic mass is 16.5. The Labute approximate surface area is 173 Å². The van der Waals surface area contributed by atoms with Gasteiger partial charge in [0.05, 0.1) is 13.2 Å². The van der Waals surface area contributed by atoms with Crippen LogP contribution >= 0.6 is 0 Å². The van der Waals surface area contributed by atoms with Gasteiger partial charge in [0.15, 0.2) is 0 Å². The van der Waals surface area contributed by atoms with Crippen molar-refractivity contribution in [3.05, 3.63) is 48.5 Å². The monoisotopic (exact) mass is 397 g/mol. The van der Waals surface area contributed by atoms with Gasteiger partial charge in [0.1, 0.15) is 5.75 Å². The van der Waals surface area contributed by atoms with E-state index in [0.29, 0.717) is 23.9 Å². The van der Waals surface area contributed by atoms with Gasteiger partial charge in [-0.05, 0) is 54.8 Å². The highest BCUT2D eigenvalue weighted by molar-refractivity contribution is 5.96. The first-order valence-electron chi connectivity index (χ1n) is 10.0. The minimum Gasteiger partial charge on any atom is -0.494 e. The van der Waals surface area contributed by atoms with Gasteiger partial charge in [-0.15, -0.1) is 0 Å². The quantitative estimate of drug-likeness (QED) is 0.540. The molecule has 2 amide bonds. The third kappa shape index (κ3) is 8.25. The molecule has 0 saturated carbocycles. The summed E-state index contributed by atoms with van der Waals surface area (Å²) in [5, 5.41) is 8.74. The first-order chi connectivity index (χ1) is 13.8. The lowest BCUT2D eigenvalue weighted by molar-refractivity contribution is -0.119. The van der Waals surface area contributed by atoms with Crippen LogP contribution < -0.4 is 20.7 Å². The summed E-state index contributed by atoms with van der Waals surface area (Å²) in [4.78, 5) is 24.0. The Bertz CT molecular complexity index is 801. The van der Waals surface area contributed by atoms with Crippen molar-refractivity contribution in [1.29, 1.82) is 0 Å². The average molecular weight is 398 g/mol. The summed E-state index contributed by atoms with van der Waals surface area (Å²) in [6.07, 6.45) is 1.02. The van der Waals surface area contributed by atoms with Gasteiger partial charge in [-0.3, -0.25) is 9.59 Å². The molecule has 0 aliphatic heterocycles. The molecule has 6 heteroatoms. The van der Waals surface area contributed by atoms with E-state index >= 15 is 0 Å². The summed E-state index contributed by atoms with van der Waals surface area (Å²) in [6, 6.07) is 14.7. The Balaban J connectivity index is 1.80. The second kappa shape index (κ2) is 11.1. The lowest BCUT2D eigenvalue weighted by Crippen LogP contribution is -2.22. The summed E-state index contributed by atoms with van der Waals surface area (Å²) in [7, 11) is 0. The normalized spacial score (nSPS) is 10.7. The molecule has 29 heavy (non-hydrogen) atoms. The van der Waals surface area contributed by atoms with Crippen LogP contribution in [0.2, 0.25) is 0 Å². The third-order valence-corrected chi connectivity index (χ3v) is 4.21. The van der Waals surface area contributed by atoms with Crippen LogP contribution in [0.5, 0.6) is 5.75 Å². The zero-order chi connectivity index (χ0) is 21.2. The molecule has 2 rings (SSSR count). The van der Waals surface area contributed by atoms with E-state index in [2.05, 4.69) is 29.8 Å². The molecule has 3 N–H and O–H groups in total. The molecular formula is C23H31N3O3. The van der Waals surface area contributed by atoms with Gasteiger partial charge in [0.2, 0.25) is 11.8 Å². The number of carbonyl (C=O) groups is 2. The molecule has 0 radical (unpaired) electrons. The van der Waals surface area contributed by atoms with Crippen molar-refractivity contribution < 1.29 is 14.3 Å². The second-order valence-corrected chi connectivity index (χ2v) is 7.68. The molecule has 0 atom stereocenters. The molecule has 0 aliphatic carbocycles. The Kier molecular flexibility index (Phi) is 8.52. The van der Waals surface area contributed by atoms with Gasteiger partial charge >= 0.3 is 0 Å². The van der Waals surface area contributed by atoms with E-state index in [4.69, 9.17) is 4.74 Å². The molecule has 0 unspecified atom stereocenters. The molecule has 0 fully saturated rings. The molecule has 0 spiro atoms. The van der Waals surface area contributed by atoms with E-state index in [1.807, 2.05) is 38.1 Å². The Morgan fingerprint density at radius 1 is 0.897 bits per heavy atom. The maximum Gasteiger partial charge on any atom is 0.243 e. The molecule has 0 aromatic heterocycles. The topological polar surface area (TPSA) is 79.5 Å². The lowest BCUT2D eigenvalue weighted by Gasteiger charge is -2.11. The van der Waals surface area contributed by atoms with E-state index < -0.39 is 0 Å². The number of hydrogen-bond acceptors (Lipinski definition) is 4. The number of anilines is 3. The number of carbonyl (C=O) groups excluding carboxylic acids is 2. The Morgan fingerprint density at radius 3 is 2.17 bits per heavy atom. The molecule has 2 aromatic carbocycles. The zero-order valence-electron chi connectivity index (χ0n) is 17.6. The van der Waals surface area contributed by atoms with Crippen molar-refractivity contribution >= 4 is 28.9 Å². The number of ether oxygens (including phenoxy) is 1. The summed E-state index contributed by atoms with van der Waals surface area (Å²) in [5.74, 6) is 1.09. The fraction of sp³-hybridized carbons (Fsp3) is 0.391. The van der Waals surface area contributed by atoms with Crippen molar-refractivity contribution in [3.63, 3.8) is 0 Å². The zero-order valence-corrected chi connectivity index (χ0v) is 17.6. The molecule has 0 heterocycles. The van der Waals surface area contributed by atoms with Crippen molar-refractivity contribution in [1.82, 2.24) is 0 Å². The van der Waals surface area contributed by atoms with E-state index in [1.54, 1.807) is 24.3 Å². The Morgan fingerprint density at radius 2 is 1.55 bits per heavy atom. The van der Waals surface area contributed by atoms with E-state index in [1.165, 1.54) is 0 Å². The van der Waals surface area contributed by atoms with Crippen LogP contribution in [-0.4, -0.2) is 25.0 Å². The van der Waals surface area contributed by atoms with Crippen LogP contribution in [0.4, 0.5) is 17.1 Å². The van der Waals surface area contributed by atoms with Crippen molar-refractivity contribution in [3.8, 4) is 5.75 Å². The van der Waals surface area contributed by atoms with Crippen LogP contribution in [0, 0.1) is 11.8 Å². The molecule has 0 saturated heterocycles. The van der Waals surface area contributed by atoms with Crippen molar-refractivity contribution in [2.24, 2.45) is 11.8 Å². The third-order valence-electron chi connectivity index (χ3n) is 4.21. The summed E-state index contributed by atoms with van der Waals surface area (Å²) in [5.41, 5.74) is 2.13. The van der Waals surface area contributed by atoms with E-state index in [-0.39, 0.29) is 24.3 Å². The average Bonchev–Trinajstić information content (AvgIpc) is 2.67. The maximum absolute atomic E-state index is 12.2. The van der Waals surface area contributed by atoms with Gasteiger partial charge in [0.25, 0.3) is 0 Å². The van der Waals surface area contributed by atoms with Crippen LogP contribution in [0.3, 0.4) is 0 Å². The number of amides is 2. The van der Waals surface area contributed by atoms with Gasteiger partial charge in [-0.1, -0.05) is 33.8 Å². The van der Waals surface area contributed by atoms with E-state index in [9.17, 15) is 9.59 Å². The van der Waals surface area contributed by atoms with Crippen LogP contribution in [0.25, 0.3) is 0 Å². The van der Waals surface area contributed by atoms with E-state index in [0.717, 1.165) is 17.9 Å². The van der Waals surface area contributed by atoms with Crippen molar-refractivity contribution in [2.75, 3.05) is 29.1 Å². The highest BCUT2D eigenvalue weighted by Gasteiger charge is 2.08. The predicted octanol–water partition coefficient (Wildman–Crippen LogP) is 4.76. The predicted molar refractivity (Wildman–Crippen MR) is 118 cm³/mol.